The molecule has 1 N–H and O–H groups in total. The van der Waals surface area contributed by atoms with Crippen molar-refractivity contribution in [3.8, 4) is 11.4 Å². The smallest absolute Gasteiger partial charge is 0.375 e. The number of thiophene rings is 1. The number of nitrogens with zero attached hydrogens (tertiary/aromatic N) is 2. The molecule has 0 saturated carbocycles. The van der Waals surface area contributed by atoms with Crippen LogP contribution < -0.4 is 0 Å². The Kier molecular flexibility index (Phi) is 2.77. The Balaban J connectivity index is 2.21. The number of H-pyrrole nitrogens is 1. The Bertz CT molecular complexity index is 450. The van der Waals surface area contributed by atoms with E-state index in [1.54, 1.807) is 18.3 Å². The molecule has 0 radical (unpaired) electrons. The Morgan fingerprint density at radius 3 is 3.20 bits per heavy atom. The number of nitrogens with one attached hydrogen (secondary N) is 1. The van der Waals surface area contributed by atoms with Crippen LogP contribution in [0.1, 0.15) is 17.5 Å². The molecular formula is C9H9N3O2S. The van der Waals surface area contributed by atoms with Crippen molar-refractivity contribution in [2.45, 2.75) is 6.92 Å². The highest BCUT2D eigenvalue weighted by molar-refractivity contribution is 7.08. The van der Waals surface area contributed by atoms with Gasteiger partial charge in [0.05, 0.1) is 6.61 Å². The molecule has 2 aromatic heterocycles. The quantitative estimate of drug-likeness (QED) is 0.804. The number of hydrogen-bond donors (Lipinski definition) is 1. The van der Waals surface area contributed by atoms with Crippen LogP contribution in [0.3, 0.4) is 0 Å². The van der Waals surface area contributed by atoms with Gasteiger partial charge < -0.3 is 4.74 Å². The third-order valence-corrected chi connectivity index (χ3v) is 2.42. The third-order valence-electron chi connectivity index (χ3n) is 1.73. The van der Waals surface area contributed by atoms with Crippen molar-refractivity contribution in [3.63, 3.8) is 0 Å². The van der Waals surface area contributed by atoms with Gasteiger partial charge in [0.2, 0.25) is 5.82 Å². The zero-order valence-corrected chi connectivity index (χ0v) is 8.87. The number of carbonyl (C=O) groups is 1. The van der Waals surface area contributed by atoms with Gasteiger partial charge in [0.25, 0.3) is 0 Å². The molecule has 78 valence electrons. The number of hydrogen-bond acceptors (Lipinski definition) is 5. The summed E-state index contributed by atoms with van der Waals surface area (Å²) >= 11 is 1.55. The van der Waals surface area contributed by atoms with Gasteiger partial charge in [0.1, 0.15) is 0 Å². The summed E-state index contributed by atoms with van der Waals surface area (Å²) in [5.41, 5.74) is 0.895. The minimum absolute atomic E-state index is 0.137. The van der Waals surface area contributed by atoms with Crippen molar-refractivity contribution < 1.29 is 9.53 Å². The molecule has 0 aliphatic carbocycles. The first-order valence-corrected chi connectivity index (χ1v) is 5.37. The average Bonchev–Trinajstić information content (AvgIpc) is 2.89. The molecular weight excluding hydrogens is 214 g/mol. The summed E-state index contributed by atoms with van der Waals surface area (Å²) in [6, 6.07) is 1.89. The summed E-state index contributed by atoms with van der Waals surface area (Å²) in [5, 5.41) is 10.3. The largest absolute Gasteiger partial charge is 0.460 e. The van der Waals surface area contributed by atoms with Crippen LogP contribution >= 0.6 is 11.3 Å². The molecule has 5 nitrogen and oxygen atoms in total. The highest BCUT2D eigenvalue weighted by atomic mass is 32.1. The molecule has 0 amide bonds. The highest BCUT2D eigenvalue weighted by Gasteiger charge is 2.13. The normalized spacial score (nSPS) is 10.2. The maximum absolute atomic E-state index is 11.3. The topological polar surface area (TPSA) is 67.9 Å². The van der Waals surface area contributed by atoms with Crippen molar-refractivity contribution >= 4 is 17.3 Å². The lowest BCUT2D eigenvalue weighted by Crippen LogP contribution is -2.06. The van der Waals surface area contributed by atoms with Crippen LogP contribution in [0.2, 0.25) is 0 Å². The predicted molar refractivity (Wildman–Crippen MR) is 55.7 cm³/mol. The van der Waals surface area contributed by atoms with E-state index in [0.29, 0.717) is 12.4 Å². The molecule has 0 saturated heterocycles. The van der Waals surface area contributed by atoms with Crippen molar-refractivity contribution in [2.75, 3.05) is 6.61 Å². The van der Waals surface area contributed by atoms with Crippen LogP contribution in [0.15, 0.2) is 16.8 Å². The Morgan fingerprint density at radius 2 is 2.53 bits per heavy atom. The van der Waals surface area contributed by atoms with Gasteiger partial charge in [-0.2, -0.15) is 16.4 Å². The molecule has 0 atom stereocenters. The summed E-state index contributed by atoms with van der Waals surface area (Å²) in [5.74, 6) is 0.170. The molecule has 6 heteroatoms. The number of aromatic nitrogens is 3. The van der Waals surface area contributed by atoms with E-state index in [-0.39, 0.29) is 5.82 Å². The fraction of sp³-hybridized carbons (Fsp3) is 0.222. The number of rotatable bonds is 3. The molecule has 0 aliphatic heterocycles. The van der Waals surface area contributed by atoms with Gasteiger partial charge in [0, 0.05) is 10.9 Å². The molecule has 0 aromatic carbocycles. The van der Waals surface area contributed by atoms with Crippen LogP contribution in [0.4, 0.5) is 0 Å². The first-order chi connectivity index (χ1) is 7.31. The fourth-order valence-corrected chi connectivity index (χ4v) is 1.71. The molecule has 0 fully saturated rings. The number of esters is 1. The second-order valence-corrected chi connectivity index (χ2v) is 3.52. The number of aromatic amines is 1. The van der Waals surface area contributed by atoms with Gasteiger partial charge >= 0.3 is 5.97 Å². The number of carbonyl (C=O) groups excluding carboxylic acids is 1. The van der Waals surface area contributed by atoms with E-state index in [9.17, 15) is 4.79 Å². The SMILES string of the molecule is CCOC(=O)c1nc(-c2ccsc2)n[nH]1. The average molecular weight is 223 g/mol. The standard InChI is InChI=1S/C9H9N3O2S/c1-2-14-9(13)8-10-7(11-12-8)6-3-4-15-5-6/h3-5H,2H2,1H3,(H,10,11,12). The molecule has 0 unspecified atom stereocenters. The van der Waals surface area contributed by atoms with Crippen molar-refractivity contribution in [2.24, 2.45) is 0 Å². The first-order valence-electron chi connectivity index (χ1n) is 4.43. The lowest BCUT2D eigenvalue weighted by Gasteiger charge is -1.94. The van der Waals surface area contributed by atoms with Crippen LogP contribution in [0, 0.1) is 0 Å². The monoisotopic (exact) mass is 223 g/mol. The molecule has 2 aromatic rings. The Hall–Kier alpha value is -1.69. The zero-order chi connectivity index (χ0) is 10.7. The fourth-order valence-electron chi connectivity index (χ4n) is 1.07. The second kappa shape index (κ2) is 4.22. The van der Waals surface area contributed by atoms with Gasteiger partial charge in [0.15, 0.2) is 5.82 Å². The van der Waals surface area contributed by atoms with E-state index in [2.05, 4.69) is 15.2 Å². The summed E-state index contributed by atoms with van der Waals surface area (Å²) in [7, 11) is 0. The molecule has 2 heterocycles. The van der Waals surface area contributed by atoms with Gasteiger partial charge in [-0.05, 0) is 18.4 Å². The lowest BCUT2D eigenvalue weighted by molar-refractivity contribution is 0.0512. The van der Waals surface area contributed by atoms with E-state index < -0.39 is 5.97 Å². The maximum Gasteiger partial charge on any atom is 0.375 e. The van der Waals surface area contributed by atoms with Crippen LogP contribution in [0.25, 0.3) is 11.4 Å². The first kappa shape index (κ1) is 9.85. The van der Waals surface area contributed by atoms with E-state index in [1.165, 1.54) is 0 Å². The second-order valence-electron chi connectivity index (χ2n) is 2.74. The Labute approximate surface area is 90.1 Å². The van der Waals surface area contributed by atoms with E-state index in [0.717, 1.165) is 5.56 Å². The highest BCUT2D eigenvalue weighted by Crippen LogP contribution is 2.17. The number of ether oxygens (including phenoxy) is 1. The summed E-state index contributed by atoms with van der Waals surface area (Å²) in [4.78, 5) is 15.3. The van der Waals surface area contributed by atoms with E-state index >= 15 is 0 Å². The summed E-state index contributed by atoms with van der Waals surface area (Å²) in [6.45, 7) is 2.07. The van der Waals surface area contributed by atoms with Crippen molar-refractivity contribution in [1.29, 1.82) is 0 Å². The molecule has 15 heavy (non-hydrogen) atoms. The maximum atomic E-state index is 11.3. The van der Waals surface area contributed by atoms with E-state index in [4.69, 9.17) is 4.74 Å². The van der Waals surface area contributed by atoms with Gasteiger partial charge in [-0.25, -0.2) is 9.78 Å². The van der Waals surface area contributed by atoms with Crippen LogP contribution in [0.5, 0.6) is 0 Å². The van der Waals surface area contributed by atoms with Crippen LogP contribution in [-0.2, 0) is 4.74 Å². The zero-order valence-electron chi connectivity index (χ0n) is 8.06. The van der Waals surface area contributed by atoms with Crippen molar-refractivity contribution in [3.05, 3.63) is 22.7 Å². The minimum atomic E-state index is -0.480. The van der Waals surface area contributed by atoms with Gasteiger partial charge in [-0.15, -0.1) is 0 Å². The summed E-state index contributed by atoms with van der Waals surface area (Å²) in [6.07, 6.45) is 0. The van der Waals surface area contributed by atoms with E-state index in [1.807, 2.05) is 16.8 Å². The predicted octanol–water partition coefficient (Wildman–Crippen LogP) is 1.71. The third kappa shape index (κ3) is 2.04. The summed E-state index contributed by atoms with van der Waals surface area (Å²) < 4.78 is 4.79. The van der Waals surface area contributed by atoms with Crippen molar-refractivity contribution in [1.82, 2.24) is 15.2 Å². The molecule has 0 spiro atoms. The van der Waals surface area contributed by atoms with Gasteiger partial charge in [-0.3, -0.25) is 5.10 Å². The van der Waals surface area contributed by atoms with Crippen LogP contribution in [-0.4, -0.2) is 27.8 Å². The van der Waals surface area contributed by atoms with Gasteiger partial charge in [-0.1, -0.05) is 0 Å². The molecule has 0 aliphatic rings. The molecule has 0 bridgehead atoms. The molecule has 2 rings (SSSR count). The minimum Gasteiger partial charge on any atom is -0.460 e. The Morgan fingerprint density at radius 1 is 1.67 bits per heavy atom. The lowest BCUT2D eigenvalue weighted by atomic mass is 10.3.